The third-order valence-corrected chi connectivity index (χ3v) is 6.75. The molecule has 0 radical (unpaired) electrons. The summed E-state index contributed by atoms with van der Waals surface area (Å²) in [6, 6.07) is -4.82. The van der Waals surface area contributed by atoms with Crippen molar-refractivity contribution in [2.24, 2.45) is 40.1 Å². The molecule has 5 atom stereocenters. The van der Waals surface area contributed by atoms with E-state index in [1.165, 1.54) is 0 Å². The second-order valence-corrected chi connectivity index (χ2v) is 12.4. The van der Waals surface area contributed by atoms with Gasteiger partial charge in [-0.05, 0) is 49.4 Å². The van der Waals surface area contributed by atoms with Gasteiger partial charge in [0.25, 0.3) is 0 Å². The minimum Gasteiger partial charge on any atom is -0.370 e. The number of hydrogen-bond acceptors (Lipinski definition) is 6. The van der Waals surface area contributed by atoms with Crippen LogP contribution in [0.25, 0.3) is 0 Å². The van der Waals surface area contributed by atoms with Crippen molar-refractivity contribution in [1.82, 2.24) is 26.6 Å². The van der Waals surface area contributed by atoms with Crippen LogP contribution in [0.15, 0.2) is 4.99 Å². The molecule has 0 saturated carbocycles. The Bertz CT molecular complexity index is 932. The summed E-state index contributed by atoms with van der Waals surface area (Å²) in [5.41, 5.74) is 10.8. The summed E-state index contributed by atoms with van der Waals surface area (Å²) in [5, 5.41) is 13.9. The molecular weight excluding hydrogens is 528 g/mol. The van der Waals surface area contributed by atoms with Crippen LogP contribution < -0.4 is 38.1 Å². The Balaban J connectivity index is 3.56. The summed E-state index contributed by atoms with van der Waals surface area (Å²) >= 11 is 0. The molecule has 1 aliphatic heterocycles. The first-order valence-electron chi connectivity index (χ1n) is 14.6. The molecule has 1 rings (SSSR count). The van der Waals surface area contributed by atoms with E-state index >= 15 is 0 Å². The van der Waals surface area contributed by atoms with Gasteiger partial charge in [0.15, 0.2) is 5.96 Å². The number of rotatable bonds is 10. The van der Waals surface area contributed by atoms with Gasteiger partial charge in [-0.25, -0.2) is 0 Å². The van der Waals surface area contributed by atoms with Crippen molar-refractivity contribution < 1.29 is 24.0 Å². The zero-order valence-corrected chi connectivity index (χ0v) is 25.9. The van der Waals surface area contributed by atoms with E-state index in [4.69, 9.17) is 11.5 Å². The van der Waals surface area contributed by atoms with Crippen molar-refractivity contribution in [3.8, 4) is 0 Å². The number of carbonyl (C=O) groups is 5. The molecule has 41 heavy (non-hydrogen) atoms. The van der Waals surface area contributed by atoms with Gasteiger partial charge in [-0.2, -0.15) is 0 Å². The molecule has 1 aliphatic rings. The molecule has 5 amide bonds. The highest BCUT2D eigenvalue weighted by molar-refractivity contribution is 5.98. The topological polar surface area (TPSA) is 210 Å². The molecule has 0 unspecified atom stereocenters. The first-order chi connectivity index (χ1) is 19.0. The Morgan fingerprint density at radius 2 is 0.976 bits per heavy atom. The number of aliphatic imine (C=N–C) groups is 1. The van der Waals surface area contributed by atoms with Crippen molar-refractivity contribution >= 4 is 35.5 Å². The lowest BCUT2D eigenvalue weighted by Gasteiger charge is -2.28. The fourth-order valence-electron chi connectivity index (χ4n) is 4.55. The van der Waals surface area contributed by atoms with Gasteiger partial charge in [0.2, 0.25) is 29.5 Å². The van der Waals surface area contributed by atoms with Crippen LogP contribution in [-0.2, 0) is 24.0 Å². The fourth-order valence-corrected chi connectivity index (χ4v) is 4.55. The van der Waals surface area contributed by atoms with Gasteiger partial charge in [-0.3, -0.25) is 29.0 Å². The monoisotopic (exact) mass is 580 g/mol. The molecule has 0 aliphatic carbocycles. The van der Waals surface area contributed by atoms with Crippen molar-refractivity contribution in [3.63, 3.8) is 0 Å². The molecular formula is C28H52N8O5. The molecule has 0 aromatic heterocycles. The Morgan fingerprint density at radius 1 is 0.610 bits per heavy atom. The van der Waals surface area contributed by atoms with Crippen LogP contribution in [0.2, 0.25) is 0 Å². The molecule has 9 N–H and O–H groups in total. The van der Waals surface area contributed by atoms with Gasteiger partial charge in [-0.1, -0.05) is 55.4 Å². The van der Waals surface area contributed by atoms with E-state index in [0.29, 0.717) is 19.3 Å². The van der Waals surface area contributed by atoms with E-state index in [9.17, 15) is 24.0 Å². The molecule has 1 heterocycles. The van der Waals surface area contributed by atoms with Crippen molar-refractivity contribution in [2.45, 2.75) is 111 Å². The summed E-state index contributed by atoms with van der Waals surface area (Å²) in [5.74, 6) is -3.29. The maximum Gasteiger partial charge on any atom is 0.243 e. The van der Waals surface area contributed by atoms with Crippen molar-refractivity contribution in [1.29, 1.82) is 0 Å². The van der Waals surface area contributed by atoms with E-state index < -0.39 is 59.7 Å². The highest BCUT2D eigenvalue weighted by atomic mass is 16.2. The molecule has 1 fully saturated rings. The van der Waals surface area contributed by atoms with E-state index in [1.807, 2.05) is 27.7 Å². The summed E-state index contributed by atoms with van der Waals surface area (Å²) in [7, 11) is 0. The third kappa shape index (κ3) is 12.3. The number of nitrogens with two attached hydrogens (primary N) is 2. The van der Waals surface area contributed by atoms with Crippen LogP contribution in [0.3, 0.4) is 0 Å². The van der Waals surface area contributed by atoms with Gasteiger partial charge in [0, 0.05) is 6.54 Å². The lowest BCUT2D eigenvalue weighted by atomic mass is 9.98. The smallest absolute Gasteiger partial charge is 0.243 e. The van der Waals surface area contributed by atoms with Crippen LogP contribution >= 0.6 is 0 Å². The zero-order valence-electron chi connectivity index (χ0n) is 25.9. The molecule has 0 aromatic carbocycles. The first kappa shape index (κ1) is 35.6. The number of guanidine groups is 1. The summed E-state index contributed by atoms with van der Waals surface area (Å²) in [6.45, 7) is 15.0. The highest BCUT2D eigenvalue weighted by Crippen LogP contribution is 2.13. The lowest BCUT2D eigenvalue weighted by molar-refractivity contribution is -0.135. The van der Waals surface area contributed by atoms with E-state index in [-0.39, 0.29) is 42.6 Å². The molecule has 13 nitrogen and oxygen atoms in total. The number of hydrogen-bond donors (Lipinski definition) is 7. The van der Waals surface area contributed by atoms with Crippen molar-refractivity contribution in [2.75, 3.05) is 6.54 Å². The van der Waals surface area contributed by atoms with Crippen LogP contribution in [-0.4, -0.2) is 72.2 Å². The summed E-state index contributed by atoms with van der Waals surface area (Å²) in [4.78, 5) is 71.1. The van der Waals surface area contributed by atoms with Crippen LogP contribution in [0.4, 0.5) is 0 Å². The fraction of sp³-hybridized carbons (Fsp3) is 0.786. The van der Waals surface area contributed by atoms with Gasteiger partial charge in [-0.15, -0.1) is 0 Å². The van der Waals surface area contributed by atoms with Gasteiger partial charge >= 0.3 is 0 Å². The van der Waals surface area contributed by atoms with Crippen LogP contribution in [0.5, 0.6) is 0 Å². The second kappa shape index (κ2) is 16.8. The molecule has 0 bridgehead atoms. The summed E-state index contributed by atoms with van der Waals surface area (Å²) in [6.07, 6.45) is 1.22. The average molecular weight is 581 g/mol. The normalized spacial score (nSPS) is 25.2. The summed E-state index contributed by atoms with van der Waals surface area (Å²) < 4.78 is 0. The first-order valence-corrected chi connectivity index (χ1v) is 14.6. The number of amides is 5. The predicted octanol–water partition coefficient (Wildman–Crippen LogP) is -0.118. The Hall–Kier alpha value is -3.38. The molecule has 234 valence electrons. The quantitative estimate of drug-likeness (QED) is 0.106. The van der Waals surface area contributed by atoms with Gasteiger partial charge in [0.1, 0.15) is 30.2 Å². The average Bonchev–Trinajstić information content (AvgIpc) is 2.84. The molecule has 0 spiro atoms. The lowest BCUT2D eigenvalue weighted by Crippen LogP contribution is -2.59. The predicted molar refractivity (Wildman–Crippen MR) is 158 cm³/mol. The standard InChI is InChI=1S/C28H52N8O5/c1-14(2)12-19-24(38)33-20(13-15(3)4)25(39)36-21(16(5)6)26(40)32-18(10-9-11-31-28(29)30)23(37)35-22(17(7)8)27(41)34-19/h14-22H,9-13H2,1-8H3,(H,32,40)(H,33,38)(H,34,41)(H,35,37)(H,36,39)(H4,29,30,31)/t18-,19+,20-,21+,22-/m1/s1. The molecule has 0 aromatic rings. The Morgan fingerprint density at radius 3 is 1.37 bits per heavy atom. The van der Waals surface area contributed by atoms with Crippen LogP contribution in [0.1, 0.15) is 81.1 Å². The zero-order chi connectivity index (χ0) is 31.4. The second-order valence-electron chi connectivity index (χ2n) is 12.4. The highest BCUT2D eigenvalue weighted by Gasteiger charge is 2.36. The van der Waals surface area contributed by atoms with Crippen molar-refractivity contribution in [3.05, 3.63) is 0 Å². The number of nitrogens with one attached hydrogen (secondary N) is 5. The number of carbonyl (C=O) groups excluding carboxylic acids is 5. The minimum atomic E-state index is -1.02. The number of nitrogens with zero attached hydrogens (tertiary/aromatic N) is 1. The molecule has 1 saturated heterocycles. The Kier molecular flexibility index (Phi) is 14.6. The maximum absolute atomic E-state index is 13.5. The van der Waals surface area contributed by atoms with E-state index in [0.717, 1.165) is 0 Å². The Labute approximate surface area is 244 Å². The maximum atomic E-state index is 13.5. The van der Waals surface area contributed by atoms with Gasteiger partial charge < -0.3 is 38.1 Å². The largest absolute Gasteiger partial charge is 0.370 e. The van der Waals surface area contributed by atoms with Crippen LogP contribution in [0, 0.1) is 23.7 Å². The molecule has 13 heteroatoms. The third-order valence-electron chi connectivity index (χ3n) is 6.75. The van der Waals surface area contributed by atoms with Gasteiger partial charge in [0.05, 0.1) is 0 Å². The SMILES string of the molecule is CC(C)C[C@@H]1NC(=O)[C@@H](C(C)C)NC(=O)[C@@H](CCCN=C(N)N)NC(=O)[C@H](C(C)C)NC(=O)[C@@H](CC(C)C)NC1=O. The minimum absolute atomic E-state index is 0.0549. The van der Waals surface area contributed by atoms with E-state index in [1.54, 1.807) is 27.7 Å². The van der Waals surface area contributed by atoms with E-state index in [2.05, 4.69) is 31.6 Å².